The van der Waals surface area contributed by atoms with Gasteiger partial charge in [0.25, 0.3) is 0 Å². The standard InChI is InChI=1S/C20H17F3.C2H6/c1-12-3-6-14(7-4-12)15-8-10-16(18(21)11-15)17-9-5-13(2)19(22)20(17)23;1-2/h3-4,6-8,10-11H,5,9H2,1-2H3;1-2H3. The van der Waals surface area contributed by atoms with Gasteiger partial charge in [-0.2, -0.15) is 0 Å². The number of aryl methyl sites for hydroxylation is 1. The maximum atomic E-state index is 14.5. The molecule has 0 aromatic heterocycles. The minimum Gasteiger partial charge on any atom is -0.206 e. The Morgan fingerprint density at radius 1 is 0.720 bits per heavy atom. The highest BCUT2D eigenvalue weighted by atomic mass is 19.2. The van der Waals surface area contributed by atoms with Crippen molar-refractivity contribution in [3.05, 3.63) is 76.6 Å². The van der Waals surface area contributed by atoms with Crippen LogP contribution in [0.4, 0.5) is 13.2 Å². The van der Waals surface area contributed by atoms with Crippen molar-refractivity contribution < 1.29 is 13.2 Å². The van der Waals surface area contributed by atoms with Crippen LogP contribution in [0, 0.1) is 12.7 Å². The third-order valence-corrected chi connectivity index (χ3v) is 4.26. The molecule has 0 spiro atoms. The van der Waals surface area contributed by atoms with Crippen molar-refractivity contribution in [2.45, 2.75) is 40.5 Å². The van der Waals surface area contributed by atoms with E-state index in [-0.39, 0.29) is 11.1 Å². The monoisotopic (exact) mass is 344 g/mol. The minimum atomic E-state index is -0.935. The molecule has 0 N–H and O–H groups in total. The molecule has 0 amide bonds. The molecule has 0 heterocycles. The topological polar surface area (TPSA) is 0 Å². The van der Waals surface area contributed by atoms with Gasteiger partial charge < -0.3 is 0 Å². The van der Waals surface area contributed by atoms with E-state index in [0.717, 1.165) is 16.7 Å². The first-order valence-corrected chi connectivity index (χ1v) is 8.58. The van der Waals surface area contributed by atoms with Crippen LogP contribution in [-0.2, 0) is 0 Å². The molecule has 0 nitrogen and oxygen atoms in total. The number of allylic oxidation sites excluding steroid dienone is 4. The molecule has 0 atom stereocenters. The third-order valence-electron chi connectivity index (χ3n) is 4.26. The first-order chi connectivity index (χ1) is 12.0. The van der Waals surface area contributed by atoms with Crippen LogP contribution in [0.3, 0.4) is 0 Å². The quantitative estimate of drug-likeness (QED) is 0.528. The zero-order valence-corrected chi connectivity index (χ0v) is 15.1. The fourth-order valence-corrected chi connectivity index (χ4v) is 2.79. The van der Waals surface area contributed by atoms with E-state index < -0.39 is 17.5 Å². The van der Waals surface area contributed by atoms with Gasteiger partial charge in [-0.05, 0) is 49.5 Å². The van der Waals surface area contributed by atoms with E-state index in [1.54, 1.807) is 13.0 Å². The molecule has 1 aliphatic carbocycles. The van der Waals surface area contributed by atoms with Crippen LogP contribution < -0.4 is 0 Å². The average Bonchev–Trinajstić information content (AvgIpc) is 2.63. The highest BCUT2D eigenvalue weighted by Crippen LogP contribution is 2.38. The molecule has 0 saturated carbocycles. The highest BCUT2D eigenvalue weighted by Gasteiger charge is 2.23. The van der Waals surface area contributed by atoms with E-state index in [1.807, 2.05) is 45.0 Å². The fourth-order valence-electron chi connectivity index (χ4n) is 2.79. The molecule has 0 bridgehead atoms. The highest BCUT2D eigenvalue weighted by molar-refractivity contribution is 5.75. The van der Waals surface area contributed by atoms with Gasteiger partial charge in [0, 0.05) is 11.1 Å². The fraction of sp³-hybridized carbons (Fsp3) is 0.273. The number of benzene rings is 2. The van der Waals surface area contributed by atoms with Gasteiger partial charge in [0.15, 0.2) is 11.7 Å². The van der Waals surface area contributed by atoms with Gasteiger partial charge in [0.2, 0.25) is 0 Å². The Kier molecular flexibility index (Phi) is 6.24. The van der Waals surface area contributed by atoms with Crippen LogP contribution in [0.1, 0.15) is 44.7 Å². The maximum Gasteiger partial charge on any atom is 0.162 e. The summed E-state index contributed by atoms with van der Waals surface area (Å²) in [5, 5.41) is 0. The Morgan fingerprint density at radius 2 is 1.32 bits per heavy atom. The number of hydrogen-bond donors (Lipinski definition) is 0. The summed E-state index contributed by atoms with van der Waals surface area (Å²) in [5.74, 6) is -2.32. The van der Waals surface area contributed by atoms with Crippen molar-refractivity contribution >= 4 is 5.57 Å². The second-order valence-corrected chi connectivity index (χ2v) is 5.95. The molecule has 0 fully saturated rings. The number of rotatable bonds is 2. The van der Waals surface area contributed by atoms with Crippen molar-refractivity contribution in [3.8, 4) is 11.1 Å². The number of halogens is 3. The normalized spacial score (nSPS) is 14.4. The maximum absolute atomic E-state index is 14.5. The predicted octanol–water partition coefficient (Wildman–Crippen LogP) is 7.55. The van der Waals surface area contributed by atoms with Gasteiger partial charge in [0.1, 0.15) is 5.82 Å². The second-order valence-electron chi connectivity index (χ2n) is 5.95. The van der Waals surface area contributed by atoms with E-state index in [2.05, 4.69) is 0 Å². The van der Waals surface area contributed by atoms with Crippen LogP contribution in [-0.4, -0.2) is 0 Å². The van der Waals surface area contributed by atoms with Crippen molar-refractivity contribution in [3.63, 3.8) is 0 Å². The Hall–Kier alpha value is -2.29. The van der Waals surface area contributed by atoms with Gasteiger partial charge in [0.05, 0.1) is 0 Å². The zero-order chi connectivity index (χ0) is 18.6. The molecule has 3 rings (SSSR count). The summed E-state index contributed by atoms with van der Waals surface area (Å²) in [6, 6.07) is 12.4. The van der Waals surface area contributed by atoms with Crippen molar-refractivity contribution in [2.24, 2.45) is 0 Å². The van der Waals surface area contributed by atoms with Crippen LogP contribution >= 0.6 is 0 Å². The van der Waals surface area contributed by atoms with Crippen molar-refractivity contribution in [1.29, 1.82) is 0 Å². The van der Waals surface area contributed by atoms with E-state index >= 15 is 0 Å². The Bertz CT molecular complexity index is 812. The molecule has 0 radical (unpaired) electrons. The first-order valence-electron chi connectivity index (χ1n) is 8.58. The molecule has 132 valence electrons. The van der Waals surface area contributed by atoms with E-state index in [1.165, 1.54) is 12.1 Å². The molecule has 2 aromatic carbocycles. The summed E-state index contributed by atoms with van der Waals surface area (Å²) in [4.78, 5) is 0. The average molecular weight is 344 g/mol. The molecular weight excluding hydrogens is 321 g/mol. The summed E-state index contributed by atoms with van der Waals surface area (Å²) in [7, 11) is 0. The van der Waals surface area contributed by atoms with Crippen LogP contribution in [0.5, 0.6) is 0 Å². The Labute approximate surface area is 147 Å². The van der Waals surface area contributed by atoms with Gasteiger partial charge in [-0.15, -0.1) is 0 Å². The lowest BCUT2D eigenvalue weighted by molar-refractivity contribution is 0.523. The van der Waals surface area contributed by atoms with Crippen LogP contribution in [0.25, 0.3) is 16.7 Å². The predicted molar refractivity (Wildman–Crippen MR) is 99.0 cm³/mol. The number of hydrogen-bond acceptors (Lipinski definition) is 0. The molecule has 0 saturated heterocycles. The van der Waals surface area contributed by atoms with Gasteiger partial charge in [-0.25, -0.2) is 13.2 Å². The summed E-state index contributed by atoms with van der Waals surface area (Å²) in [6.07, 6.45) is 0.722. The lowest BCUT2D eigenvalue weighted by Crippen LogP contribution is -2.01. The van der Waals surface area contributed by atoms with Gasteiger partial charge in [-0.3, -0.25) is 0 Å². The second kappa shape index (κ2) is 8.19. The SMILES string of the molecule is CC.CC1=C(F)C(F)=C(c2ccc(-c3ccc(C)cc3)cc2F)CC1. The molecule has 0 aliphatic heterocycles. The lowest BCUT2D eigenvalue weighted by Gasteiger charge is -2.17. The summed E-state index contributed by atoms with van der Waals surface area (Å²) < 4.78 is 42.3. The first kappa shape index (κ1) is 19.0. The summed E-state index contributed by atoms with van der Waals surface area (Å²) in [6.45, 7) is 7.54. The van der Waals surface area contributed by atoms with Crippen LogP contribution in [0.15, 0.2) is 59.7 Å². The van der Waals surface area contributed by atoms with Gasteiger partial charge in [-0.1, -0.05) is 55.8 Å². The molecule has 3 heteroatoms. The van der Waals surface area contributed by atoms with Crippen LogP contribution in [0.2, 0.25) is 0 Å². The van der Waals surface area contributed by atoms with Gasteiger partial charge >= 0.3 is 0 Å². The minimum absolute atomic E-state index is 0.112. The summed E-state index contributed by atoms with van der Waals surface area (Å²) in [5.41, 5.74) is 3.36. The Balaban J connectivity index is 0.00000109. The third kappa shape index (κ3) is 4.04. The molecule has 2 aromatic rings. The Morgan fingerprint density at radius 3 is 1.92 bits per heavy atom. The lowest BCUT2D eigenvalue weighted by atomic mass is 9.91. The molecule has 25 heavy (non-hydrogen) atoms. The van der Waals surface area contributed by atoms with E-state index in [0.29, 0.717) is 18.4 Å². The summed E-state index contributed by atoms with van der Waals surface area (Å²) >= 11 is 0. The largest absolute Gasteiger partial charge is 0.206 e. The molecule has 1 aliphatic rings. The smallest absolute Gasteiger partial charge is 0.162 e. The van der Waals surface area contributed by atoms with E-state index in [9.17, 15) is 13.2 Å². The molecular formula is C22H23F3. The molecule has 0 unspecified atom stereocenters. The van der Waals surface area contributed by atoms with Crippen molar-refractivity contribution in [1.82, 2.24) is 0 Å². The van der Waals surface area contributed by atoms with E-state index in [4.69, 9.17) is 0 Å². The zero-order valence-electron chi connectivity index (χ0n) is 15.1. The van der Waals surface area contributed by atoms with Crippen molar-refractivity contribution in [2.75, 3.05) is 0 Å².